The molecular formula is C30H22BrN3O3S2. The molecule has 6 rings (SSSR count). The van der Waals surface area contributed by atoms with Crippen LogP contribution >= 0.6 is 38.6 Å². The Hall–Kier alpha value is -3.79. The maximum absolute atomic E-state index is 13.8. The molecule has 0 saturated heterocycles. The second-order valence-electron chi connectivity index (χ2n) is 9.10. The zero-order chi connectivity index (χ0) is 27.1. The standard InChI is InChI=1S/C30H22BrN3O3S2/c1-17-10-12-21(22(31)15-17)23-13-11-20(37-23)16-25-29(36)34-27(24-9-6-14-38-24)26(18(2)32-30(34)39-25)28(35)33-19-7-4-3-5-8-19/h3-16,27H,1-2H3,(H,33,35)/b25-16-. The Labute approximate surface area is 240 Å². The Bertz CT molecular complexity index is 1920. The molecule has 0 spiro atoms. The number of furan rings is 1. The summed E-state index contributed by atoms with van der Waals surface area (Å²) in [6.45, 7) is 3.85. The highest BCUT2D eigenvalue weighted by Crippen LogP contribution is 2.33. The van der Waals surface area contributed by atoms with Crippen molar-refractivity contribution in [3.8, 4) is 11.3 Å². The zero-order valence-corrected chi connectivity index (χ0v) is 24.2. The van der Waals surface area contributed by atoms with Crippen LogP contribution in [0.3, 0.4) is 0 Å². The number of hydrogen-bond donors (Lipinski definition) is 1. The molecule has 1 unspecified atom stereocenters. The molecule has 1 aliphatic rings. The normalized spacial score (nSPS) is 15.3. The van der Waals surface area contributed by atoms with Gasteiger partial charge < -0.3 is 9.73 Å². The molecule has 0 bridgehead atoms. The molecule has 0 fully saturated rings. The molecule has 1 N–H and O–H groups in total. The van der Waals surface area contributed by atoms with Crippen molar-refractivity contribution in [2.45, 2.75) is 19.9 Å². The average Bonchev–Trinajstić information content (AvgIpc) is 3.66. The van der Waals surface area contributed by atoms with E-state index in [1.165, 1.54) is 22.7 Å². The number of aryl methyl sites for hydroxylation is 1. The summed E-state index contributed by atoms with van der Waals surface area (Å²) in [4.78, 5) is 33.5. The van der Waals surface area contributed by atoms with Gasteiger partial charge in [-0.2, -0.15) is 0 Å². The Morgan fingerprint density at radius 2 is 1.90 bits per heavy atom. The van der Waals surface area contributed by atoms with Gasteiger partial charge in [0.05, 0.1) is 15.8 Å². The fourth-order valence-electron chi connectivity index (χ4n) is 4.57. The highest BCUT2D eigenvalue weighted by Gasteiger charge is 2.33. The largest absolute Gasteiger partial charge is 0.457 e. The molecule has 0 radical (unpaired) electrons. The number of carbonyl (C=O) groups excluding carboxylic acids is 1. The van der Waals surface area contributed by atoms with Crippen LogP contribution in [0, 0.1) is 6.92 Å². The first-order chi connectivity index (χ1) is 18.9. The Morgan fingerprint density at radius 3 is 2.64 bits per heavy atom. The number of nitrogens with one attached hydrogen (secondary N) is 1. The number of nitrogens with zero attached hydrogens (tertiary/aromatic N) is 2. The van der Waals surface area contributed by atoms with Gasteiger partial charge in [0.1, 0.15) is 17.6 Å². The molecule has 6 nitrogen and oxygen atoms in total. The first kappa shape index (κ1) is 25.5. The van der Waals surface area contributed by atoms with Crippen molar-refractivity contribution in [2.24, 2.45) is 4.99 Å². The van der Waals surface area contributed by atoms with Crippen molar-refractivity contribution < 1.29 is 9.21 Å². The SMILES string of the molecule is CC1=C(C(=O)Nc2ccccc2)C(c2cccs2)n2c(s/c(=C\c3ccc(-c4ccc(C)cc4Br)o3)c2=O)=N1. The number of anilines is 1. The second-order valence-corrected chi connectivity index (χ2v) is 11.9. The van der Waals surface area contributed by atoms with Gasteiger partial charge in [-0.1, -0.05) is 57.6 Å². The van der Waals surface area contributed by atoms with E-state index in [0.29, 0.717) is 37.8 Å². The molecule has 3 aromatic heterocycles. The van der Waals surface area contributed by atoms with Gasteiger partial charge in [0, 0.05) is 26.7 Å². The number of rotatable bonds is 5. The summed E-state index contributed by atoms with van der Waals surface area (Å²) in [5, 5.41) is 4.91. The van der Waals surface area contributed by atoms with Crippen LogP contribution in [0.2, 0.25) is 0 Å². The number of allylic oxidation sites excluding steroid dienone is 1. The van der Waals surface area contributed by atoms with E-state index < -0.39 is 6.04 Å². The maximum Gasteiger partial charge on any atom is 0.271 e. The van der Waals surface area contributed by atoms with Crippen LogP contribution in [0.4, 0.5) is 5.69 Å². The summed E-state index contributed by atoms with van der Waals surface area (Å²) in [7, 11) is 0. The van der Waals surface area contributed by atoms with Gasteiger partial charge in [-0.25, -0.2) is 4.99 Å². The van der Waals surface area contributed by atoms with Crippen LogP contribution in [-0.4, -0.2) is 10.5 Å². The maximum atomic E-state index is 13.8. The van der Waals surface area contributed by atoms with Gasteiger partial charge in [0.25, 0.3) is 11.5 Å². The van der Waals surface area contributed by atoms with Crippen molar-refractivity contribution in [2.75, 3.05) is 5.32 Å². The predicted molar refractivity (Wildman–Crippen MR) is 160 cm³/mol. The van der Waals surface area contributed by atoms with E-state index in [2.05, 4.69) is 21.2 Å². The highest BCUT2D eigenvalue weighted by atomic mass is 79.9. The number of hydrogen-bond acceptors (Lipinski definition) is 6. The first-order valence-corrected chi connectivity index (χ1v) is 14.7. The Kier molecular flexibility index (Phi) is 6.80. The quantitative estimate of drug-likeness (QED) is 0.253. The lowest BCUT2D eigenvalue weighted by Gasteiger charge is -2.24. The zero-order valence-electron chi connectivity index (χ0n) is 21.0. The van der Waals surface area contributed by atoms with Crippen LogP contribution < -0.4 is 20.2 Å². The molecule has 2 aromatic carbocycles. The molecule has 5 aromatic rings. The molecule has 1 amide bonds. The molecule has 0 saturated carbocycles. The third-order valence-electron chi connectivity index (χ3n) is 6.40. The number of carbonyl (C=O) groups is 1. The van der Waals surface area contributed by atoms with Gasteiger partial charge in [-0.05, 0) is 67.3 Å². The molecular weight excluding hydrogens is 594 g/mol. The van der Waals surface area contributed by atoms with Crippen LogP contribution in [0.1, 0.15) is 29.2 Å². The molecule has 1 atom stereocenters. The van der Waals surface area contributed by atoms with Gasteiger partial charge in [-0.15, -0.1) is 11.3 Å². The smallest absolute Gasteiger partial charge is 0.271 e. The molecule has 0 aliphatic carbocycles. The summed E-state index contributed by atoms with van der Waals surface area (Å²) >= 11 is 6.40. The molecule has 9 heteroatoms. The van der Waals surface area contributed by atoms with Crippen LogP contribution in [-0.2, 0) is 4.79 Å². The second kappa shape index (κ2) is 10.4. The van der Waals surface area contributed by atoms with E-state index in [0.717, 1.165) is 20.5 Å². The van der Waals surface area contributed by atoms with Gasteiger partial charge in [0.2, 0.25) is 0 Å². The van der Waals surface area contributed by atoms with Crippen LogP contribution in [0.25, 0.3) is 17.4 Å². The molecule has 4 heterocycles. The van der Waals surface area contributed by atoms with E-state index in [1.807, 2.05) is 92.0 Å². The van der Waals surface area contributed by atoms with E-state index in [9.17, 15) is 9.59 Å². The number of aromatic nitrogens is 1. The van der Waals surface area contributed by atoms with E-state index in [-0.39, 0.29) is 11.5 Å². The number of fused-ring (bicyclic) bond motifs is 1. The predicted octanol–water partition coefficient (Wildman–Crippen LogP) is 6.27. The molecule has 194 valence electrons. The third-order valence-corrected chi connectivity index (χ3v) is 8.96. The number of benzene rings is 2. The molecule has 39 heavy (non-hydrogen) atoms. The minimum Gasteiger partial charge on any atom is -0.457 e. The summed E-state index contributed by atoms with van der Waals surface area (Å²) in [5.41, 5.74) is 3.57. The van der Waals surface area contributed by atoms with Crippen molar-refractivity contribution in [1.29, 1.82) is 0 Å². The number of thiophene rings is 1. The minimum absolute atomic E-state index is 0.218. The highest BCUT2D eigenvalue weighted by molar-refractivity contribution is 9.10. The lowest BCUT2D eigenvalue weighted by Crippen LogP contribution is -2.40. The van der Waals surface area contributed by atoms with Crippen LogP contribution in [0.5, 0.6) is 0 Å². The van der Waals surface area contributed by atoms with Crippen molar-refractivity contribution >= 4 is 56.3 Å². The minimum atomic E-state index is -0.581. The van der Waals surface area contributed by atoms with Crippen molar-refractivity contribution in [3.05, 3.63) is 130 Å². The van der Waals surface area contributed by atoms with Gasteiger partial charge in [0.15, 0.2) is 4.80 Å². The summed E-state index contributed by atoms with van der Waals surface area (Å²) in [6.07, 6.45) is 1.74. The van der Waals surface area contributed by atoms with E-state index >= 15 is 0 Å². The van der Waals surface area contributed by atoms with Crippen molar-refractivity contribution in [3.63, 3.8) is 0 Å². The topological polar surface area (TPSA) is 76.6 Å². The third kappa shape index (κ3) is 4.89. The Morgan fingerprint density at radius 1 is 1.08 bits per heavy atom. The first-order valence-electron chi connectivity index (χ1n) is 12.2. The number of amides is 1. The number of thiazole rings is 1. The molecule has 1 aliphatic heterocycles. The van der Waals surface area contributed by atoms with Crippen LogP contribution in [0.15, 0.2) is 108 Å². The average molecular weight is 617 g/mol. The van der Waals surface area contributed by atoms with E-state index in [4.69, 9.17) is 9.41 Å². The summed E-state index contributed by atoms with van der Waals surface area (Å²) in [6, 6.07) is 22.4. The monoisotopic (exact) mass is 615 g/mol. The summed E-state index contributed by atoms with van der Waals surface area (Å²) < 4.78 is 9.14. The van der Waals surface area contributed by atoms with Crippen molar-refractivity contribution in [1.82, 2.24) is 4.57 Å². The fourth-order valence-corrected chi connectivity index (χ4v) is 7.11. The number of para-hydroxylation sites is 1. The Balaban J connectivity index is 1.42. The summed E-state index contributed by atoms with van der Waals surface area (Å²) in [5.74, 6) is 0.982. The number of halogens is 1. The lowest BCUT2D eigenvalue weighted by molar-refractivity contribution is -0.113. The fraction of sp³-hybridized carbons (Fsp3) is 0.100. The van der Waals surface area contributed by atoms with Gasteiger partial charge in [-0.3, -0.25) is 14.2 Å². The van der Waals surface area contributed by atoms with E-state index in [1.54, 1.807) is 10.6 Å². The van der Waals surface area contributed by atoms with Gasteiger partial charge >= 0.3 is 0 Å². The lowest BCUT2D eigenvalue weighted by atomic mass is 10.0.